The van der Waals surface area contributed by atoms with E-state index in [0.29, 0.717) is 0 Å². The maximum absolute atomic E-state index is 3.98. The van der Waals surface area contributed by atoms with Crippen LogP contribution in [-0.2, 0) is 0 Å². The molecule has 76 valence electrons. The molecule has 0 saturated carbocycles. The predicted molar refractivity (Wildman–Crippen MR) is 65.5 cm³/mol. The average Bonchev–Trinajstić information content (AvgIpc) is 2.32. The highest BCUT2D eigenvalue weighted by atomic mass is 14.6. The topological polar surface area (TPSA) is 12.9 Å². The second kappa shape index (κ2) is 6.55. The third kappa shape index (κ3) is 4.77. The van der Waals surface area contributed by atoms with Crippen LogP contribution in [0.4, 0.5) is 0 Å². The van der Waals surface area contributed by atoms with Gasteiger partial charge in [0.2, 0.25) is 0 Å². The summed E-state index contributed by atoms with van der Waals surface area (Å²) in [6.45, 7) is 5.60. The van der Waals surface area contributed by atoms with Crippen molar-refractivity contribution in [1.82, 2.24) is 4.98 Å². The van der Waals surface area contributed by atoms with Gasteiger partial charge in [-0.2, -0.15) is 0 Å². The Kier molecular flexibility index (Phi) is 4.88. The number of benzene rings is 1. The summed E-state index contributed by atoms with van der Waals surface area (Å²) < 4.78 is 0. The SMILES string of the molecule is C=Cc1ccccc1.Cc1ccccn1. The largest absolute Gasteiger partial charge is 0.262 e. The molecule has 0 aliphatic rings. The number of hydrogen-bond donors (Lipinski definition) is 0. The summed E-state index contributed by atoms with van der Waals surface area (Å²) in [6, 6.07) is 15.9. The first-order chi connectivity index (χ1) is 7.33. The standard InChI is InChI=1S/C8H8.C6H7N/c1-2-8-6-4-3-5-7-8;1-6-4-2-3-5-7-6/h2-7H,1H2;2-5H,1H3. The molecule has 0 fully saturated rings. The fraction of sp³-hybridized carbons (Fsp3) is 0.0714. The van der Waals surface area contributed by atoms with Crippen molar-refractivity contribution in [3.8, 4) is 0 Å². The summed E-state index contributed by atoms with van der Waals surface area (Å²) in [5.41, 5.74) is 2.25. The van der Waals surface area contributed by atoms with E-state index in [4.69, 9.17) is 0 Å². The molecule has 1 aromatic heterocycles. The predicted octanol–water partition coefficient (Wildman–Crippen LogP) is 3.72. The van der Waals surface area contributed by atoms with Crippen LogP contribution in [0.1, 0.15) is 11.3 Å². The lowest BCUT2D eigenvalue weighted by molar-refractivity contribution is 1.20. The highest BCUT2D eigenvalue weighted by molar-refractivity contribution is 5.45. The van der Waals surface area contributed by atoms with Crippen molar-refractivity contribution in [3.05, 3.63) is 72.6 Å². The lowest BCUT2D eigenvalue weighted by Gasteiger charge is -1.85. The van der Waals surface area contributed by atoms with Crippen LogP contribution in [0.25, 0.3) is 6.08 Å². The molecule has 0 amide bonds. The molecule has 1 aromatic carbocycles. The summed E-state index contributed by atoms with van der Waals surface area (Å²) in [6.07, 6.45) is 3.62. The van der Waals surface area contributed by atoms with Crippen molar-refractivity contribution in [3.63, 3.8) is 0 Å². The Morgan fingerprint density at radius 3 is 2.00 bits per heavy atom. The molecule has 15 heavy (non-hydrogen) atoms. The molecular formula is C14H15N. The first-order valence-electron chi connectivity index (χ1n) is 4.88. The lowest BCUT2D eigenvalue weighted by Crippen LogP contribution is -1.72. The molecule has 0 saturated heterocycles. The number of rotatable bonds is 1. The minimum Gasteiger partial charge on any atom is -0.262 e. The van der Waals surface area contributed by atoms with Crippen LogP contribution in [0.15, 0.2) is 61.3 Å². The summed E-state index contributed by atoms with van der Waals surface area (Å²) in [5, 5.41) is 0. The van der Waals surface area contributed by atoms with Crippen molar-refractivity contribution < 1.29 is 0 Å². The van der Waals surface area contributed by atoms with Crippen LogP contribution in [0.2, 0.25) is 0 Å². The van der Waals surface area contributed by atoms with E-state index in [1.807, 2.05) is 61.5 Å². The quantitative estimate of drug-likeness (QED) is 0.679. The van der Waals surface area contributed by atoms with Crippen LogP contribution in [-0.4, -0.2) is 4.98 Å². The van der Waals surface area contributed by atoms with E-state index in [9.17, 15) is 0 Å². The van der Waals surface area contributed by atoms with E-state index < -0.39 is 0 Å². The van der Waals surface area contributed by atoms with Crippen LogP contribution < -0.4 is 0 Å². The monoisotopic (exact) mass is 197 g/mol. The fourth-order valence-electron chi connectivity index (χ4n) is 1.04. The van der Waals surface area contributed by atoms with Gasteiger partial charge in [-0.3, -0.25) is 4.98 Å². The van der Waals surface area contributed by atoms with Crippen molar-refractivity contribution in [2.24, 2.45) is 0 Å². The number of nitrogens with zero attached hydrogens (tertiary/aromatic N) is 1. The average molecular weight is 197 g/mol. The number of pyridine rings is 1. The molecule has 1 heterocycles. The van der Waals surface area contributed by atoms with Gasteiger partial charge in [0.05, 0.1) is 0 Å². The van der Waals surface area contributed by atoms with Crippen LogP contribution in [0.3, 0.4) is 0 Å². The van der Waals surface area contributed by atoms with Crippen molar-refractivity contribution in [1.29, 1.82) is 0 Å². The Labute approximate surface area is 91.1 Å². The van der Waals surface area contributed by atoms with Crippen molar-refractivity contribution in [2.45, 2.75) is 6.92 Å². The molecule has 1 nitrogen and oxygen atoms in total. The third-order valence-electron chi connectivity index (χ3n) is 1.85. The van der Waals surface area contributed by atoms with Crippen LogP contribution in [0, 0.1) is 6.92 Å². The van der Waals surface area contributed by atoms with E-state index >= 15 is 0 Å². The molecule has 1 heteroatoms. The molecule has 0 spiro atoms. The smallest absolute Gasteiger partial charge is 0.0372 e. The molecule has 0 unspecified atom stereocenters. The van der Waals surface area contributed by atoms with Crippen LogP contribution >= 0.6 is 0 Å². The van der Waals surface area contributed by atoms with E-state index in [1.54, 1.807) is 6.20 Å². The van der Waals surface area contributed by atoms with Gasteiger partial charge in [-0.25, -0.2) is 0 Å². The van der Waals surface area contributed by atoms with Crippen LogP contribution in [0.5, 0.6) is 0 Å². The molecule has 2 rings (SSSR count). The van der Waals surface area contributed by atoms with Gasteiger partial charge in [-0.05, 0) is 24.6 Å². The molecule has 0 aliphatic carbocycles. The fourth-order valence-corrected chi connectivity index (χ4v) is 1.04. The first-order valence-corrected chi connectivity index (χ1v) is 4.88. The zero-order chi connectivity index (χ0) is 10.9. The van der Waals surface area contributed by atoms with Gasteiger partial charge in [0, 0.05) is 11.9 Å². The van der Waals surface area contributed by atoms with Gasteiger partial charge < -0.3 is 0 Å². The molecule has 0 N–H and O–H groups in total. The van der Waals surface area contributed by atoms with E-state index in [2.05, 4.69) is 11.6 Å². The highest BCUT2D eigenvalue weighted by Crippen LogP contribution is 1.97. The Balaban J connectivity index is 0.000000151. The maximum Gasteiger partial charge on any atom is 0.0372 e. The Morgan fingerprint density at radius 2 is 1.67 bits per heavy atom. The molecule has 0 radical (unpaired) electrons. The number of aryl methyl sites for hydroxylation is 1. The van der Waals surface area contributed by atoms with E-state index in [0.717, 1.165) is 5.69 Å². The molecule has 0 bridgehead atoms. The highest BCUT2D eigenvalue weighted by Gasteiger charge is 1.76. The second-order valence-corrected chi connectivity index (χ2v) is 3.09. The molecule has 0 atom stereocenters. The minimum atomic E-state index is 1.07. The molecular weight excluding hydrogens is 182 g/mol. The van der Waals surface area contributed by atoms with Gasteiger partial charge in [-0.1, -0.05) is 49.1 Å². The second-order valence-electron chi connectivity index (χ2n) is 3.09. The van der Waals surface area contributed by atoms with E-state index in [1.165, 1.54) is 5.56 Å². The zero-order valence-corrected chi connectivity index (χ0v) is 8.93. The summed E-state index contributed by atoms with van der Waals surface area (Å²) in [5.74, 6) is 0. The number of hydrogen-bond acceptors (Lipinski definition) is 1. The van der Waals surface area contributed by atoms with Gasteiger partial charge in [0.15, 0.2) is 0 Å². The van der Waals surface area contributed by atoms with Crippen molar-refractivity contribution in [2.75, 3.05) is 0 Å². The number of aromatic nitrogens is 1. The summed E-state index contributed by atoms with van der Waals surface area (Å²) in [7, 11) is 0. The Hall–Kier alpha value is -1.89. The Morgan fingerprint density at radius 1 is 1.00 bits per heavy atom. The maximum atomic E-state index is 3.98. The lowest BCUT2D eigenvalue weighted by atomic mass is 10.2. The Bertz CT molecular complexity index is 379. The normalized spacial score (nSPS) is 8.60. The summed E-state index contributed by atoms with van der Waals surface area (Å²) in [4.78, 5) is 3.98. The van der Waals surface area contributed by atoms with Gasteiger partial charge >= 0.3 is 0 Å². The zero-order valence-electron chi connectivity index (χ0n) is 8.93. The summed E-state index contributed by atoms with van der Waals surface area (Å²) >= 11 is 0. The molecule has 0 aliphatic heterocycles. The van der Waals surface area contributed by atoms with E-state index in [-0.39, 0.29) is 0 Å². The third-order valence-corrected chi connectivity index (χ3v) is 1.85. The minimum absolute atomic E-state index is 1.07. The first kappa shape index (κ1) is 11.2. The van der Waals surface area contributed by atoms with Crippen molar-refractivity contribution >= 4 is 6.08 Å². The van der Waals surface area contributed by atoms with Gasteiger partial charge in [0.1, 0.15) is 0 Å². The van der Waals surface area contributed by atoms with Gasteiger partial charge in [-0.15, -0.1) is 0 Å². The molecule has 2 aromatic rings. The van der Waals surface area contributed by atoms with Gasteiger partial charge in [0.25, 0.3) is 0 Å².